The summed E-state index contributed by atoms with van der Waals surface area (Å²) in [5.74, 6) is 0.156. The van der Waals surface area contributed by atoms with Crippen LogP contribution in [0.15, 0.2) is 0 Å². The number of piperidine rings is 1. The summed E-state index contributed by atoms with van der Waals surface area (Å²) in [7, 11) is 1.65. The highest BCUT2D eigenvalue weighted by molar-refractivity contribution is 5.82. The highest BCUT2D eigenvalue weighted by Gasteiger charge is 2.28. The average Bonchev–Trinajstić information content (AvgIpc) is 2.37. The van der Waals surface area contributed by atoms with Gasteiger partial charge in [-0.2, -0.15) is 0 Å². The first kappa shape index (κ1) is 14.0. The fourth-order valence-electron chi connectivity index (χ4n) is 2.24. The van der Waals surface area contributed by atoms with Crippen molar-refractivity contribution in [3.05, 3.63) is 0 Å². The van der Waals surface area contributed by atoms with Gasteiger partial charge in [0.15, 0.2) is 0 Å². The molecule has 0 aliphatic carbocycles. The van der Waals surface area contributed by atoms with Crippen LogP contribution in [0.4, 0.5) is 0 Å². The van der Waals surface area contributed by atoms with E-state index in [4.69, 9.17) is 5.73 Å². The second kappa shape index (κ2) is 6.59. The van der Waals surface area contributed by atoms with E-state index in [0.717, 1.165) is 25.7 Å². The van der Waals surface area contributed by atoms with Crippen LogP contribution in [-0.4, -0.2) is 42.9 Å². The first-order valence-corrected chi connectivity index (χ1v) is 6.36. The van der Waals surface area contributed by atoms with Gasteiger partial charge in [0.25, 0.3) is 0 Å². The third-order valence-electron chi connectivity index (χ3n) is 3.34. The van der Waals surface area contributed by atoms with Crippen molar-refractivity contribution in [1.29, 1.82) is 0 Å². The summed E-state index contributed by atoms with van der Waals surface area (Å²) >= 11 is 0. The maximum atomic E-state index is 11.9. The zero-order valence-electron chi connectivity index (χ0n) is 10.7. The smallest absolute Gasteiger partial charge is 0.239 e. The normalized spacial score (nSPS) is 18.9. The van der Waals surface area contributed by atoms with Gasteiger partial charge in [-0.05, 0) is 19.3 Å². The van der Waals surface area contributed by atoms with Gasteiger partial charge in [-0.15, -0.1) is 0 Å². The van der Waals surface area contributed by atoms with Gasteiger partial charge in [0.2, 0.25) is 11.8 Å². The van der Waals surface area contributed by atoms with E-state index in [1.54, 1.807) is 11.9 Å². The maximum Gasteiger partial charge on any atom is 0.239 e. The molecule has 1 saturated heterocycles. The Balaban J connectivity index is 2.41. The number of nitrogens with one attached hydrogen (secondary N) is 1. The van der Waals surface area contributed by atoms with Crippen molar-refractivity contribution in [2.24, 2.45) is 11.7 Å². The van der Waals surface area contributed by atoms with E-state index in [2.05, 4.69) is 5.32 Å². The number of hydrogen-bond acceptors (Lipinski definition) is 3. The second-order valence-electron chi connectivity index (χ2n) is 4.61. The fraction of sp³-hybridized carbons (Fsp3) is 0.833. The minimum absolute atomic E-state index is 0.0298. The molecule has 5 nitrogen and oxygen atoms in total. The molecule has 2 amide bonds. The largest absolute Gasteiger partial charge is 0.359 e. The third-order valence-corrected chi connectivity index (χ3v) is 3.34. The van der Waals surface area contributed by atoms with Gasteiger partial charge in [0, 0.05) is 26.1 Å². The van der Waals surface area contributed by atoms with Crippen LogP contribution in [0.3, 0.4) is 0 Å². The lowest BCUT2D eigenvalue weighted by atomic mass is 9.95. The molecule has 0 saturated carbocycles. The average molecular weight is 241 g/mol. The van der Waals surface area contributed by atoms with Gasteiger partial charge in [-0.1, -0.05) is 13.3 Å². The molecule has 0 radical (unpaired) electrons. The molecule has 0 spiro atoms. The van der Waals surface area contributed by atoms with Crippen LogP contribution in [0, 0.1) is 5.92 Å². The highest BCUT2D eigenvalue weighted by Crippen LogP contribution is 2.18. The number of likely N-dealkylation sites (tertiary alicyclic amines) is 1. The lowest BCUT2D eigenvalue weighted by Crippen LogP contribution is -2.48. The van der Waals surface area contributed by atoms with Gasteiger partial charge in [-0.3, -0.25) is 9.59 Å². The molecule has 0 aromatic heterocycles. The topological polar surface area (TPSA) is 75.4 Å². The molecule has 1 rings (SSSR count). The minimum Gasteiger partial charge on any atom is -0.359 e. The summed E-state index contributed by atoms with van der Waals surface area (Å²) in [6, 6.07) is -0.378. The lowest BCUT2D eigenvalue weighted by Gasteiger charge is -2.32. The van der Waals surface area contributed by atoms with E-state index in [0.29, 0.717) is 13.1 Å². The van der Waals surface area contributed by atoms with Crippen molar-refractivity contribution in [2.75, 3.05) is 20.1 Å². The summed E-state index contributed by atoms with van der Waals surface area (Å²) in [6.07, 6.45) is 3.13. The van der Waals surface area contributed by atoms with Crippen LogP contribution in [0.1, 0.15) is 32.6 Å². The van der Waals surface area contributed by atoms with Crippen LogP contribution in [0.2, 0.25) is 0 Å². The first-order valence-electron chi connectivity index (χ1n) is 6.36. The Labute approximate surface area is 103 Å². The molecule has 1 aliphatic rings. The number of amides is 2. The van der Waals surface area contributed by atoms with Crippen molar-refractivity contribution >= 4 is 11.8 Å². The van der Waals surface area contributed by atoms with Crippen molar-refractivity contribution in [3.63, 3.8) is 0 Å². The van der Waals surface area contributed by atoms with Crippen LogP contribution < -0.4 is 11.1 Å². The monoisotopic (exact) mass is 241 g/mol. The molecule has 1 atom stereocenters. The Kier molecular flexibility index (Phi) is 5.41. The number of rotatable bonds is 4. The molecule has 98 valence electrons. The molecule has 1 fully saturated rings. The highest BCUT2D eigenvalue weighted by atomic mass is 16.2. The van der Waals surface area contributed by atoms with Gasteiger partial charge < -0.3 is 16.0 Å². The summed E-state index contributed by atoms with van der Waals surface area (Å²) in [5, 5.41) is 2.65. The minimum atomic E-state index is -0.378. The van der Waals surface area contributed by atoms with Gasteiger partial charge in [0.1, 0.15) is 0 Å². The van der Waals surface area contributed by atoms with Crippen LogP contribution >= 0.6 is 0 Å². The lowest BCUT2D eigenvalue weighted by molar-refractivity contribution is -0.136. The van der Waals surface area contributed by atoms with E-state index >= 15 is 0 Å². The standard InChI is InChI=1S/C12H23N3O2/c1-3-4-10(13)12(17)15-7-5-9(6-8-15)11(16)14-2/h9-10H,3-8,13H2,1-2H3,(H,14,16)/t10-/m0/s1. The Morgan fingerprint density at radius 2 is 2.00 bits per heavy atom. The summed E-state index contributed by atoms with van der Waals surface area (Å²) in [5.41, 5.74) is 5.81. The fourth-order valence-corrected chi connectivity index (χ4v) is 2.24. The summed E-state index contributed by atoms with van der Waals surface area (Å²) in [6.45, 7) is 3.31. The van der Waals surface area contributed by atoms with Crippen LogP contribution in [-0.2, 0) is 9.59 Å². The molecule has 5 heteroatoms. The first-order chi connectivity index (χ1) is 8.10. The van der Waals surface area contributed by atoms with Crippen molar-refractivity contribution in [3.8, 4) is 0 Å². The van der Waals surface area contributed by atoms with Crippen LogP contribution in [0.5, 0.6) is 0 Å². The number of nitrogens with two attached hydrogens (primary N) is 1. The van der Waals surface area contributed by atoms with Crippen molar-refractivity contribution in [1.82, 2.24) is 10.2 Å². The van der Waals surface area contributed by atoms with Gasteiger partial charge >= 0.3 is 0 Å². The molecule has 0 bridgehead atoms. The Bertz CT molecular complexity index is 273. The molecule has 1 heterocycles. The SMILES string of the molecule is CCC[C@H](N)C(=O)N1CCC(C(=O)NC)CC1. The molecule has 0 aromatic rings. The molecule has 3 N–H and O–H groups in total. The number of carbonyl (C=O) groups excluding carboxylic acids is 2. The Morgan fingerprint density at radius 1 is 1.41 bits per heavy atom. The molecule has 0 aromatic carbocycles. The predicted octanol–water partition coefficient (Wildman–Crippen LogP) is 0.0984. The number of nitrogens with zero attached hydrogens (tertiary/aromatic N) is 1. The number of hydrogen-bond donors (Lipinski definition) is 2. The Morgan fingerprint density at radius 3 is 2.47 bits per heavy atom. The maximum absolute atomic E-state index is 11.9. The van der Waals surface area contributed by atoms with Crippen molar-refractivity contribution in [2.45, 2.75) is 38.6 Å². The second-order valence-corrected chi connectivity index (χ2v) is 4.61. The summed E-state index contributed by atoms with van der Waals surface area (Å²) in [4.78, 5) is 25.2. The number of carbonyl (C=O) groups is 2. The van der Waals surface area contributed by atoms with Crippen LogP contribution in [0.25, 0.3) is 0 Å². The zero-order valence-corrected chi connectivity index (χ0v) is 10.7. The molecule has 1 aliphatic heterocycles. The third kappa shape index (κ3) is 3.70. The van der Waals surface area contributed by atoms with E-state index in [1.165, 1.54) is 0 Å². The zero-order chi connectivity index (χ0) is 12.8. The van der Waals surface area contributed by atoms with E-state index < -0.39 is 0 Å². The van der Waals surface area contributed by atoms with Gasteiger partial charge in [0.05, 0.1) is 6.04 Å². The molecule has 17 heavy (non-hydrogen) atoms. The van der Waals surface area contributed by atoms with Gasteiger partial charge in [-0.25, -0.2) is 0 Å². The molecular weight excluding hydrogens is 218 g/mol. The van der Waals surface area contributed by atoms with E-state index in [1.807, 2.05) is 6.92 Å². The quantitative estimate of drug-likeness (QED) is 0.733. The van der Waals surface area contributed by atoms with E-state index in [9.17, 15) is 9.59 Å². The molecule has 0 unspecified atom stereocenters. The van der Waals surface area contributed by atoms with E-state index in [-0.39, 0.29) is 23.8 Å². The van der Waals surface area contributed by atoms with Crippen molar-refractivity contribution < 1.29 is 9.59 Å². The summed E-state index contributed by atoms with van der Waals surface area (Å²) < 4.78 is 0. The predicted molar refractivity (Wildman–Crippen MR) is 66.3 cm³/mol. The Hall–Kier alpha value is -1.10. The molecular formula is C12H23N3O2.